The molecule has 0 radical (unpaired) electrons. The number of benzene rings is 1. The third kappa shape index (κ3) is 2.23. The summed E-state index contributed by atoms with van der Waals surface area (Å²) < 4.78 is 11.6. The molecule has 0 spiro atoms. The molecule has 20 heavy (non-hydrogen) atoms. The van der Waals surface area contributed by atoms with Gasteiger partial charge in [0.25, 0.3) is 0 Å². The van der Waals surface area contributed by atoms with Crippen LogP contribution in [0.5, 0.6) is 5.75 Å². The van der Waals surface area contributed by atoms with Crippen molar-refractivity contribution in [3.8, 4) is 5.75 Å². The quantitative estimate of drug-likeness (QED) is 0.843. The van der Waals surface area contributed by atoms with E-state index in [4.69, 9.17) is 9.47 Å². The van der Waals surface area contributed by atoms with Crippen molar-refractivity contribution in [2.75, 3.05) is 26.8 Å². The normalized spacial score (nSPS) is 29.6. The molecular weight excluding hydrogens is 250 g/mol. The van der Waals surface area contributed by atoms with E-state index in [0.717, 1.165) is 37.7 Å². The zero-order chi connectivity index (χ0) is 13.5. The second kappa shape index (κ2) is 5.05. The van der Waals surface area contributed by atoms with E-state index in [1.165, 1.54) is 30.5 Å². The first-order chi connectivity index (χ1) is 9.85. The molecule has 2 atom stereocenters. The summed E-state index contributed by atoms with van der Waals surface area (Å²) in [5, 5.41) is 0. The minimum Gasteiger partial charge on any atom is -0.496 e. The number of rotatable bonds is 3. The molecule has 3 nitrogen and oxygen atoms in total. The summed E-state index contributed by atoms with van der Waals surface area (Å²) in [5.41, 5.74) is 2.82. The maximum Gasteiger partial charge on any atom is 0.122 e. The molecule has 1 saturated heterocycles. The van der Waals surface area contributed by atoms with Gasteiger partial charge in [0.15, 0.2) is 0 Å². The Labute approximate surface area is 120 Å². The van der Waals surface area contributed by atoms with Crippen molar-refractivity contribution in [3.63, 3.8) is 0 Å². The fourth-order valence-corrected chi connectivity index (χ4v) is 3.80. The largest absolute Gasteiger partial charge is 0.496 e. The lowest BCUT2D eigenvalue weighted by Crippen LogP contribution is -2.55. The summed E-state index contributed by atoms with van der Waals surface area (Å²) in [6.45, 7) is 3.28. The van der Waals surface area contributed by atoms with Crippen LogP contribution in [0, 0.1) is 5.92 Å². The highest BCUT2D eigenvalue weighted by molar-refractivity contribution is 5.43. The van der Waals surface area contributed by atoms with E-state index in [1.807, 2.05) is 0 Å². The Morgan fingerprint density at radius 2 is 2.20 bits per heavy atom. The summed E-state index contributed by atoms with van der Waals surface area (Å²) in [6.07, 6.45) is 5.33. The second-order valence-corrected chi connectivity index (χ2v) is 6.42. The van der Waals surface area contributed by atoms with Crippen LogP contribution in [-0.4, -0.2) is 43.9 Å². The van der Waals surface area contributed by atoms with Gasteiger partial charge in [0.05, 0.1) is 19.8 Å². The van der Waals surface area contributed by atoms with Crippen LogP contribution in [0.1, 0.15) is 24.0 Å². The summed E-state index contributed by atoms with van der Waals surface area (Å²) in [4.78, 5) is 2.69. The first kappa shape index (κ1) is 12.7. The first-order valence-electron chi connectivity index (χ1n) is 7.85. The Morgan fingerprint density at radius 1 is 1.30 bits per heavy atom. The van der Waals surface area contributed by atoms with Crippen molar-refractivity contribution in [1.82, 2.24) is 4.90 Å². The van der Waals surface area contributed by atoms with Crippen LogP contribution in [-0.2, 0) is 17.6 Å². The molecule has 4 rings (SSSR count). The predicted octanol–water partition coefficient (Wildman–Crippen LogP) is 2.27. The monoisotopic (exact) mass is 273 g/mol. The average molecular weight is 273 g/mol. The van der Waals surface area contributed by atoms with Crippen LogP contribution in [0.4, 0.5) is 0 Å². The highest BCUT2D eigenvalue weighted by atomic mass is 16.5. The standard InChI is InChI=1S/C17H23NO2/c1-19-16-4-2-3-13-9-15-17(10-14(13)16)20-8-7-18(15)11-12-5-6-12/h2-4,12,15,17H,5-11H2,1H3/t15-,17-/m1/s1. The Bertz CT molecular complexity index is 498. The molecule has 1 heterocycles. The third-order valence-electron chi connectivity index (χ3n) is 5.08. The van der Waals surface area contributed by atoms with Gasteiger partial charge in [0.2, 0.25) is 0 Å². The molecule has 0 aromatic heterocycles. The molecule has 1 aromatic carbocycles. The smallest absolute Gasteiger partial charge is 0.122 e. The van der Waals surface area contributed by atoms with Gasteiger partial charge in [-0.15, -0.1) is 0 Å². The predicted molar refractivity (Wildman–Crippen MR) is 78.2 cm³/mol. The van der Waals surface area contributed by atoms with Crippen molar-refractivity contribution >= 4 is 0 Å². The number of nitrogens with zero attached hydrogens (tertiary/aromatic N) is 1. The van der Waals surface area contributed by atoms with E-state index in [0.29, 0.717) is 12.1 Å². The maximum atomic E-state index is 6.07. The number of methoxy groups -OCH3 is 1. The molecule has 1 aromatic rings. The molecule has 2 aliphatic carbocycles. The summed E-state index contributed by atoms with van der Waals surface area (Å²) in [6, 6.07) is 7.03. The second-order valence-electron chi connectivity index (χ2n) is 6.42. The minimum atomic E-state index is 0.353. The van der Waals surface area contributed by atoms with Gasteiger partial charge in [-0.1, -0.05) is 12.1 Å². The summed E-state index contributed by atoms with van der Waals surface area (Å²) in [5.74, 6) is 1.99. The topological polar surface area (TPSA) is 21.7 Å². The fourth-order valence-electron chi connectivity index (χ4n) is 3.80. The zero-order valence-corrected chi connectivity index (χ0v) is 12.2. The third-order valence-corrected chi connectivity index (χ3v) is 5.08. The SMILES string of the molecule is COc1cccc2c1C[C@H]1OCCN(CC3CC3)[C@@H]1C2. The molecule has 1 saturated carbocycles. The van der Waals surface area contributed by atoms with Crippen LogP contribution in [0.2, 0.25) is 0 Å². The molecule has 0 unspecified atom stereocenters. The Balaban J connectivity index is 1.60. The van der Waals surface area contributed by atoms with Gasteiger partial charge in [0, 0.05) is 25.6 Å². The van der Waals surface area contributed by atoms with Crippen molar-refractivity contribution in [3.05, 3.63) is 29.3 Å². The lowest BCUT2D eigenvalue weighted by Gasteiger charge is -2.44. The zero-order valence-electron chi connectivity index (χ0n) is 12.2. The van der Waals surface area contributed by atoms with E-state index in [1.54, 1.807) is 7.11 Å². The molecule has 0 N–H and O–H groups in total. The molecule has 0 bridgehead atoms. The minimum absolute atomic E-state index is 0.353. The van der Waals surface area contributed by atoms with Gasteiger partial charge in [-0.3, -0.25) is 4.90 Å². The molecule has 3 heteroatoms. The van der Waals surface area contributed by atoms with Crippen LogP contribution >= 0.6 is 0 Å². The number of morpholine rings is 1. The van der Waals surface area contributed by atoms with Gasteiger partial charge in [-0.25, -0.2) is 0 Å². The van der Waals surface area contributed by atoms with E-state index < -0.39 is 0 Å². The van der Waals surface area contributed by atoms with Gasteiger partial charge in [0.1, 0.15) is 5.75 Å². The van der Waals surface area contributed by atoms with Gasteiger partial charge in [-0.05, 0) is 42.4 Å². The van der Waals surface area contributed by atoms with E-state index in [9.17, 15) is 0 Å². The number of hydrogen-bond donors (Lipinski definition) is 0. The van der Waals surface area contributed by atoms with Crippen molar-refractivity contribution in [2.24, 2.45) is 5.92 Å². The number of fused-ring (bicyclic) bond motifs is 2. The number of hydrogen-bond acceptors (Lipinski definition) is 3. The van der Waals surface area contributed by atoms with Crippen molar-refractivity contribution < 1.29 is 9.47 Å². The molecule has 2 fully saturated rings. The molecule has 0 amide bonds. The molecule has 108 valence electrons. The Hall–Kier alpha value is -1.06. The van der Waals surface area contributed by atoms with Gasteiger partial charge >= 0.3 is 0 Å². The highest BCUT2D eigenvalue weighted by Gasteiger charge is 2.39. The van der Waals surface area contributed by atoms with Crippen molar-refractivity contribution in [2.45, 2.75) is 37.8 Å². The Kier molecular flexibility index (Phi) is 3.20. The first-order valence-corrected chi connectivity index (χ1v) is 7.85. The molecule has 3 aliphatic rings. The van der Waals surface area contributed by atoms with Gasteiger partial charge in [-0.2, -0.15) is 0 Å². The van der Waals surface area contributed by atoms with E-state index in [-0.39, 0.29) is 0 Å². The van der Waals surface area contributed by atoms with E-state index >= 15 is 0 Å². The average Bonchev–Trinajstić information content (AvgIpc) is 3.29. The lowest BCUT2D eigenvalue weighted by molar-refractivity contribution is -0.0756. The van der Waals surface area contributed by atoms with Crippen LogP contribution in [0.15, 0.2) is 18.2 Å². The van der Waals surface area contributed by atoms with Crippen LogP contribution < -0.4 is 4.74 Å². The fraction of sp³-hybridized carbons (Fsp3) is 0.647. The summed E-state index contributed by atoms with van der Waals surface area (Å²) in [7, 11) is 1.77. The van der Waals surface area contributed by atoms with Gasteiger partial charge < -0.3 is 9.47 Å². The van der Waals surface area contributed by atoms with Crippen molar-refractivity contribution in [1.29, 1.82) is 0 Å². The molecule has 1 aliphatic heterocycles. The number of ether oxygens (including phenoxy) is 2. The lowest BCUT2D eigenvalue weighted by atomic mass is 9.84. The van der Waals surface area contributed by atoms with Crippen LogP contribution in [0.3, 0.4) is 0 Å². The molecular formula is C17H23NO2. The highest BCUT2D eigenvalue weighted by Crippen LogP contribution is 2.36. The maximum absolute atomic E-state index is 6.07. The Morgan fingerprint density at radius 3 is 3.00 bits per heavy atom. The van der Waals surface area contributed by atoms with E-state index in [2.05, 4.69) is 23.1 Å². The van der Waals surface area contributed by atoms with Crippen LogP contribution in [0.25, 0.3) is 0 Å². The summed E-state index contributed by atoms with van der Waals surface area (Å²) >= 11 is 0.